The summed E-state index contributed by atoms with van der Waals surface area (Å²) in [7, 11) is 0. The highest BCUT2D eigenvalue weighted by Gasteiger charge is 2.31. The molecule has 0 aromatic heterocycles. The average Bonchev–Trinajstić information content (AvgIpc) is 3.24. The second-order valence-electron chi connectivity index (χ2n) is 10.1. The van der Waals surface area contributed by atoms with Crippen molar-refractivity contribution in [1.29, 1.82) is 0 Å². The molecule has 2 N–H and O–H groups in total. The number of aliphatic carboxylic acids is 1. The zero-order valence-corrected chi connectivity index (χ0v) is 22.3. The molecule has 0 saturated carbocycles. The topological polar surface area (TPSA) is 111 Å². The van der Waals surface area contributed by atoms with Gasteiger partial charge in [0.2, 0.25) is 0 Å². The highest BCUT2D eigenvalue weighted by atomic mass is 16.6. The molecule has 39 heavy (non-hydrogen) atoms. The smallest absolute Gasteiger partial charge is 0.407 e. The van der Waals surface area contributed by atoms with Gasteiger partial charge in [-0.1, -0.05) is 78.9 Å². The lowest BCUT2D eigenvalue weighted by Gasteiger charge is -2.29. The SMILES string of the molecule is CC(COC(=O)C[C@H](NC(=O)OCC1c2ccccc2-c2ccccc21)C(=O)O)OC(C)(C)c1ccccc1. The summed E-state index contributed by atoms with van der Waals surface area (Å²) in [6.07, 6.45) is -1.91. The fraction of sp³-hybridized carbons (Fsp3) is 0.323. The van der Waals surface area contributed by atoms with Crippen LogP contribution >= 0.6 is 0 Å². The Hall–Kier alpha value is -4.17. The number of nitrogens with one attached hydrogen (secondary N) is 1. The second kappa shape index (κ2) is 12.1. The number of alkyl carbamates (subject to hydrolysis) is 1. The summed E-state index contributed by atoms with van der Waals surface area (Å²) in [5, 5.41) is 11.8. The zero-order valence-electron chi connectivity index (χ0n) is 22.3. The maximum atomic E-state index is 12.5. The summed E-state index contributed by atoms with van der Waals surface area (Å²) < 4.78 is 16.7. The number of carbonyl (C=O) groups excluding carboxylic acids is 2. The first-order valence-electron chi connectivity index (χ1n) is 12.9. The van der Waals surface area contributed by atoms with Crippen molar-refractivity contribution in [2.24, 2.45) is 0 Å². The van der Waals surface area contributed by atoms with Crippen LogP contribution in [0.2, 0.25) is 0 Å². The molecule has 3 aromatic rings. The van der Waals surface area contributed by atoms with Crippen LogP contribution in [0.3, 0.4) is 0 Å². The summed E-state index contributed by atoms with van der Waals surface area (Å²) in [6, 6.07) is 24.0. The van der Waals surface area contributed by atoms with Crippen LogP contribution in [0.15, 0.2) is 78.9 Å². The molecule has 8 nitrogen and oxygen atoms in total. The van der Waals surface area contributed by atoms with Crippen molar-refractivity contribution in [3.8, 4) is 11.1 Å². The van der Waals surface area contributed by atoms with E-state index in [4.69, 9.17) is 14.2 Å². The van der Waals surface area contributed by atoms with Gasteiger partial charge in [-0.15, -0.1) is 0 Å². The molecule has 0 fully saturated rings. The van der Waals surface area contributed by atoms with E-state index >= 15 is 0 Å². The Labute approximate surface area is 227 Å². The van der Waals surface area contributed by atoms with Crippen molar-refractivity contribution in [3.63, 3.8) is 0 Å². The Morgan fingerprint density at radius 1 is 0.872 bits per heavy atom. The minimum absolute atomic E-state index is 0.0305. The minimum Gasteiger partial charge on any atom is -0.480 e. The van der Waals surface area contributed by atoms with Crippen LogP contribution < -0.4 is 5.32 Å². The zero-order chi connectivity index (χ0) is 28.0. The first-order valence-corrected chi connectivity index (χ1v) is 12.9. The van der Waals surface area contributed by atoms with Gasteiger partial charge in [0.25, 0.3) is 0 Å². The molecule has 0 aliphatic heterocycles. The summed E-state index contributed by atoms with van der Waals surface area (Å²) >= 11 is 0. The van der Waals surface area contributed by atoms with Crippen molar-refractivity contribution >= 4 is 18.0 Å². The van der Waals surface area contributed by atoms with Gasteiger partial charge in [-0.2, -0.15) is 0 Å². The minimum atomic E-state index is -1.50. The molecule has 0 saturated heterocycles. The number of amides is 1. The summed E-state index contributed by atoms with van der Waals surface area (Å²) in [6.45, 7) is 5.56. The van der Waals surface area contributed by atoms with E-state index in [1.165, 1.54) is 0 Å². The molecule has 0 bridgehead atoms. The van der Waals surface area contributed by atoms with Crippen LogP contribution in [-0.4, -0.2) is 48.5 Å². The van der Waals surface area contributed by atoms with Gasteiger partial charge in [-0.3, -0.25) is 4.79 Å². The van der Waals surface area contributed by atoms with E-state index in [1.54, 1.807) is 6.92 Å². The third-order valence-corrected chi connectivity index (χ3v) is 6.75. The molecule has 0 spiro atoms. The second-order valence-corrected chi connectivity index (χ2v) is 10.1. The van der Waals surface area contributed by atoms with Crippen molar-refractivity contribution < 1.29 is 33.7 Å². The van der Waals surface area contributed by atoms with Gasteiger partial charge in [0.1, 0.15) is 19.3 Å². The van der Waals surface area contributed by atoms with Crippen LogP contribution in [0.5, 0.6) is 0 Å². The third kappa shape index (κ3) is 6.83. The summed E-state index contributed by atoms with van der Waals surface area (Å²) in [5.41, 5.74) is 4.61. The predicted molar refractivity (Wildman–Crippen MR) is 145 cm³/mol. The van der Waals surface area contributed by atoms with E-state index in [2.05, 4.69) is 5.32 Å². The van der Waals surface area contributed by atoms with E-state index in [0.717, 1.165) is 27.8 Å². The van der Waals surface area contributed by atoms with Gasteiger partial charge in [0.15, 0.2) is 0 Å². The van der Waals surface area contributed by atoms with Crippen LogP contribution in [0.25, 0.3) is 11.1 Å². The molecule has 204 valence electrons. The Kier molecular flexibility index (Phi) is 8.66. The van der Waals surface area contributed by atoms with Crippen LogP contribution in [0, 0.1) is 0 Å². The maximum absolute atomic E-state index is 12.5. The van der Waals surface area contributed by atoms with Gasteiger partial charge in [-0.25, -0.2) is 9.59 Å². The molecule has 3 aromatic carbocycles. The monoisotopic (exact) mass is 531 g/mol. The highest BCUT2D eigenvalue weighted by molar-refractivity contribution is 5.85. The number of rotatable bonds is 11. The molecule has 1 amide bonds. The molecule has 0 radical (unpaired) electrons. The number of carbonyl (C=O) groups is 3. The quantitative estimate of drug-likeness (QED) is 0.325. The average molecular weight is 532 g/mol. The standard InChI is InChI=1S/C31H33NO7/c1-20(39-31(2,3)21-11-5-4-6-12-21)18-37-28(33)17-27(29(34)35)32-30(36)38-19-26-24-15-9-7-13-22(24)23-14-8-10-16-25(23)26/h4-16,20,26-27H,17-19H2,1-3H3,(H,32,36)(H,34,35)/t20?,27-/m0/s1. The van der Waals surface area contributed by atoms with E-state index < -0.39 is 42.2 Å². The normalized spacial score (nSPS) is 14.0. The lowest BCUT2D eigenvalue weighted by atomic mass is 9.98. The van der Waals surface area contributed by atoms with Gasteiger partial charge >= 0.3 is 18.0 Å². The molecule has 8 heteroatoms. The predicted octanol–water partition coefficient (Wildman–Crippen LogP) is 5.25. The number of hydrogen-bond acceptors (Lipinski definition) is 6. The first kappa shape index (κ1) is 27.9. The van der Waals surface area contributed by atoms with Gasteiger partial charge in [-0.05, 0) is 48.6 Å². The maximum Gasteiger partial charge on any atom is 0.407 e. The van der Waals surface area contributed by atoms with Gasteiger partial charge < -0.3 is 24.6 Å². The van der Waals surface area contributed by atoms with E-state index in [1.807, 2.05) is 92.7 Å². The van der Waals surface area contributed by atoms with Crippen LogP contribution in [-0.2, 0) is 29.4 Å². The van der Waals surface area contributed by atoms with Crippen molar-refractivity contribution in [2.45, 2.75) is 50.9 Å². The number of carboxylic acid groups (broad SMARTS) is 1. The van der Waals surface area contributed by atoms with Gasteiger partial charge in [0.05, 0.1) is 18.1 Å². The molecular formula is C31H33NO7. The Morgan fingerprint density at radius 3 is 2.03 bits per heavy atom. The van der Waals surface area contributed by atoms with Crippen molar-refractivity contribution in [1.82, 2.24) is 5.32 Å². The Morgan fingerprint density at radius 2 is 1.44 bits per heavy atom. The lowest BCUT2D eigenvalue weighted by molar-refractivity contribution is -0.156. The molecule has 2 atom stereocenters. The van der Waals surface area contributed by atoms with Crippen LogP contribution in [0.4, 0.5) is 4.79 Å². The lowest BCUT2D eigenvalue weighted by Crippen LogP contribution is -2.43. The highest BCUT2D eigenvalue weighted by Crippen LogP contribution is 2.44. The van der Waals surface area contributed by atoms with Gasteiger partial charge in [0, 0.05) is 5.92 Å². The van der Waals surface area contributed by atoms with E-state index in [0.29, 0.717) is 0 Å². The summed E-state index contributed by atoms with van der Waals surface area (Å²) in [4.78, 5) is 36.6. The molecule has 0 heterocycles. The fourth-order valence-electron chi connectivity index (χ4n) is 4.86. The molecular weight excluding hydrogens is 498 g/mol. The number of fused-ring (bicyclic) bond motifs is 3. The third-order valence-electron chi connectivity index (χ3n) is 6.75. The largest absolute Gasteiger partial charge is 0.480 e. The number of esters is 1. The fourth-order valence-corrected chi connectivity index (χ4v) is 4.86. The Balaban J connectivity index is 1.27. The molecule has 1 unspecified atom stereocenters. The molecule has 4 rings (SSSR count). The van der Waals surface area contributed by atoms with E-state index in [9.17, 15) is 19.5 Å². The number of hydrogen-bond donors (Lipinski definition) is 2. The van der Waals surface area contributed by atoms with Crippen LogP contribution in [0.1, 0.15) is 49.8 Å². The number of benzene rings is 3. The first-order chi connectivity index (χ1) is 18.7. The van der Waals surface area contributed by atoms with Crippen molar-refractivity contribution in [2.75, 3.05) is 13.2 Å². The molecule has 1 aliphatic carbocycles. The summed E-state index contributed by atoms with van der Waals surface area (Å²) in [5.74, 6) is -2.30. The Bertz CT molecular complexity index is 1280. The number of carboxylic acids is 1. The van der Waals surface area contributed by atoms with E-state index in [-0.39, 0.29) is 19.1 Å². The number of ether oxygens (including phenoxy) is 3. The molecule has 1 aliphatic rings. The van der Waals surface area contributed by atoms with Crippen molar-refractivity contribution in [3.05, 3.63) is 95.6 Å².